The summed E-state index contributed by atoms with van der Waals surface area (Å²) in [7, 11) is 0. The van der Waals surface area contributed by atoms with Crippen molar-refractivity contribution in [3.63, 3.8) is 0 Å². The molecule has 3 nitrogen and oxygen atoms in total. The number of rotatable bonds is 5. The Hall–Kier alpha value is -1.03. The van der Waals surface area contributed by atoms with E-state index in [4.69, 9.17) is 10.5 Å². The fourth-order valence-electron chi connectivity index (χ4n) is 1.18. The molecular formula is C11H17NO2S. The van der Waals surface area contributed by atoms with Gasteiger partial charge in [0.05, 0.1) is 12.2 Å². The lowest BCUT2D eigenvalue weighted by molar-refractivity contribution is 0.0501. The van der Waals surface area contributed by atoms with E-state index in [1.807, 2.05) is 13.0 Å². The Morgan fingerprint density at radius 2 is 2.27 bits per heavy atom. The summed E-state index contributed by atoms with van der Waals surface area (Å²) in [5.74, 6) is -0.295. The van der Waals surface area contributed by atoms with Crippen LogP contribution in [-0.4, -0.2) is 12.6 Å². The molecule has 4 heteroatoms. The van der Waals surface area contributed by atoms with E-state index in [2.05, 4.69) is 6.92 Å². The van der Waals surface area contributed by atoms with E-state index >= 15 is 0 Å². The number of esters is 1. The molecule has 0 radical (unpaired) electrons. The number of ether oxygens (including phenoxy) is 1. The fourth-order valence-corrected chi connectivity index (χ4v) is 2.03. The van der Waals surface area contributed by atoms with Gasteiger partial charge in [-0.15, -0.1) is 11.3 Å². The molecule has 0 aliphatic carbocycles. The molecule has 1 aromatic rings. The Bertz CT molecular complexity index is 333. The quantitative estimate of drug-likeness (QED) is 0.621. The SMILES string of the molecule is CCCCOC(=O)c1cc(CC)sc1N. The molecule has 0 spiro atoms. The second-order valence-corrected chi connectivity index (χ2v) is 4.50. The average Bonchev–Trinajstić information content (AvgIpc) is 2.60. The van der Waals surface area contributed by atoms with Crippen LogP contribution in [-0.2, 0) is 11.2 Å². The first-order chi connectivity index (χ1) is 7.19. The Kier molecular flexibility index (Phi) is 4.62. The van der Waals surface area contributed by atoms with Crippen LogP contribution in [0.15, 0.2) is 6.07 Å². The van der Waals surface area contributed by atoms with Crippen LogP contribution in [0.1, 0.15) is 41.9 Å². The number of nitrogens with two attached hydrogens (primary N) is 1. The van der Waals surface area contributed by atoms with E-state index < -0.39 is 0 Å². The van der Waals surface area contributed by atoms with Crippen molar-refractivity contribution in [2.24, 2.45) is 0 Å². The Balaban J connectivity index is 2.60. The van der Waals surface area contributed by atoms with Gasteiger partial charge in [0.1, 0.15) is 5.00 Å². The van der Waals surface area contributed by atoms with Crippen LogP contribution in [0, 0.1) is 0 Å². The lowest BCUT2D eigenvalue weighted by Gasteiger charge is -2.02. The summed E-state index contributed by atoms with van der Waals surface area (Å²) >= 11 is 1.46. The molecule has 0 saturated heterocycles. The van der Waals surface area contributed by atoms with E-state index in [-0.39, 0.29) is 5.97 Å². The van der Waals surface area contributed by atoms with Gasteiger partial charge in [-0.2, -0.15) is 0 Å². The van der Waals surface area contributed by atoms with E-state index in [1.54, 1.807) is 0 Å². The monoisotopic (exact) mass is 227 g/mol. The Morgan fingerprint density at radius 1 is 1.53 bits per heavy atom. The minimum Gasteiger partial charge on any atom is -0.462 e. The number of carbonyl (C=O) groups excluding carboxylic acids is 1. The maximum absolute atomic E-state index is 11.6. The first kappa shape index (κ1) is 12.0. The van der Waals surface area contributed by atoms with Crippen LogP contribution >= 0.6 is 11.3 Å². The maximum Gasteiger partial charge on any atom is 0.341 e. The van der Waals surface area contributed by atoms with Gasteiger partial charge < -0.3 is 10.5 Å². The summed E-state index contributed by atoms with van der Waals surface area (Å²) in [6.07, 6.45) is 2.82. The molecule has 0 aliphatic rings. The standard InChI is InChI=1S/C11H17NO2S/c1-3-5-6-14-11(13)9-7-8(4-2)15-10(9)12/h7H,3-6,12H2,1-2H3. The molecule has 15 heavy (non-hydrogen) atoms. The molecule has 0 amide bonds. The number of anilines is 1. The van der Waals surface area contributed by atoms with Crippen molar-refractivity contribution in [1.29, 1.82) is 0 Å². The van der Waals surface area contributed by atoms with Gasteiger partial charge >= 0.3 is 5.97 Å². The van der Waals surface area contributed by atoms with Crippen molar-refractivity contribution in [3.8, 4) is 0 Å². The highest BCUT2D eigenvalue weighted by atomic mass is 32.1. The number of hydrogen-bond acceptors (Lipinski definition) is 4. The zero-order valence-electron chi connectivity index (χ0n) is 9.21. The molecule has 2 N–H and O–H groups in total. The number of aryl methyl sites for hydroxylation is 1. The summed E-state index contributed by atoms with van der Waals surface area (Å²) in [5.41, 5.74) is 6.26. The van der Waals surface area contributed by atoms with Crippen molar-refractivity contribution < 1.29 is 9.53 Å². The van der Waals surface area contributed by atoms with Crippen LogP contribution in [0.3, 0.4) is 0 Å². The predicted octanol–water partition coefficient (Wildman–Crippen LogP) is 2.85. The molecule has 0 saturated carbocycles. The van der Waals surface area contributed by atoms with Gasteiger partial charge in [-0.1, -0.05) is 20.3 Å². The molecule has 1 aromatic heterocycles. The van der Waals surface area contributed by atoms with Gasteiger partial charge in [-0.25, -0.2) is 4.79 Å². The number of thiophene rings is 1. The highest BCUT2D eigenvalue weighted by molar-refractivity contribution is 7.16. The number of nitrogen functional groups attached to an aromatic ring is 1. The number of hydrogen-bond donors (Lipinski definition) is 1. The second kappa shape index (κ2) is 5.75. The third-order valence-corrected chi connectivity index (χ3v) is 3.22. The highest BCUT2D eigenvalue weighted by Crippen LogP contribution is 2.25. The van der Waals surface area contributed by atoms with Gasteiger partial charge in [0.15, 0.2) is 0 Å². The lowest BCUT2D eigenvalue weighted by atomic mass is 10.2. The van der Waals surface area contributed by atoms with Crippen molar-refractivity contribution in [2.45, 2.75) is 33.1 Å². The summed E-state index contributed by atoms with van der Waals surface area (Å²) in [6, 6.07) is 1.83. The molecule has 0 fully saturated rings. The first-order valence-corrected chi connectivity index (χ1v) is 6.06. The second-order valence-electron chi connectivity index (χ2n) is 3.33. The average molecular weight is 227 g/mol. The van der Waals surface area contributed by atoms with Crippen molar-refractivity contribution in [2.75, 3.05) is 12.3 Å². The molecule has 84 valence electrons. The molecule has 0 aromatic carbocycles. The zero-order valence-corrected chi connectivity index (χ0v) is 10.0. The summed E-state index contributed by atoms with van der Waals surface area (Å²) in [5, 5.41) is 0.563. The van der Waals surface area contributed by atoms with E-state index in [1.165, 1.54) is 11.3 Å². The molecule has 1 rings (SSSR count). The van der Waals surface area contributed by atoms with Crippen molar-refractivity contribution in [1.82, 2.24) is 0 Å². The molecule has 0 bridgehead atoms. The van der Waals surface area contributed by atoms with Gasteiger partial charge in [0.25, 0.3) is 0 Å². The third kappa shape index (κ3) is 3.23. The number of unbranched alkanes of at least 4 members (excludes halogenated alkanes) is 1. The topological polar surface area (TPSA) is 52.3 Å². The highest BCUT2D eigenvalue weighted by Gasteiger charge is 2.14. The van der Waals surface area contributed by atoms with Crippen molar-refractivity contribution >= 4 is 22.3 Å². The normalized spacial score (nSPS) is 10.3. The maximum atomic E-state index is 11.6. The summed E-state index contributed by atoms with van der Waals surface area (Å²) < 4.78 is 5.09. The van der Waals surface area contributed by atoms with Gasteiger partial charge in [0.2, 0.25) is 0 Å². The third-order valence-electron chi connectivity index (χ3n) is 2.11. The van der Waals surface area contributed by atoms with Gasteiger partial charge in [0, 0.05) is 4.88 Å². The smallest absolute Gasteiger partial charge is 0.341 e. The van der Waals surface area contributed by atoms with Gasteiger partial charge in [-0.05, 0) is 18.9 Å². The van der Waals surface area contributed by atoms with Crippen LogP contribution < -0.4 is 5.73 Å². The van der Waals surface area contributed by atoms with E-state index in [9.17, 15) is 4.79 Å². The van der Waals surface area contributed by atoms with Crippen LogP contribution in [0.25, 0.3) is 0 Å². The van der Waals surface area contributed by atoms with Crippen molar-refractivity contribution in [3.05, 3.63) is 16.5 Å². The lowest BCUT2D eigenvalue weighted by Crippen LogP contribution is -2.07. The molecular weight excluding hydrogens is 210 g/mol. The number of carbonyl (C=O) groups is 1. The Labute approximate surface area is 94.2 Å². The zero-order chi connectivity index (χ0) is 11.3. The summed E-state index contributed by atoms with van der Waals surface area (Å²) in [4.78, 5) is 12.7. The van der Waals surface area contributed by atoms with Crippen LogP contribution in [0.4, 0.5) is 5.00 Å². The summed E-state index contributed by atoms with van der Waals surface area (Å²) in [6.45, 7) is 4.57. The molecule has 0 unspecified atom stereocenters. The molecule has 0 atom stereocenters. The molecule has 1 heterocycles. The van der Waals surface area contributed by atoms with E-state index in [0.717, 1.165) is 24.1 Å². The van der Waals surface area contributed by atoms with Gasteiger partial charge in [-0.3, -0.25) is 0 Å². The largest absolute Gasteiger partial charge is 0.462 e. The Morgan fingerprint density at radius 3 is 2.80 bits per heavy atom. The first-order valence-electron chi connectivity index (χ1n) is 5.24. The van der Waals surface area contributed by atoms with Crippen LogP contribution in [0.5, 0.6) is 0 Å². The van der Waals surface area contributed by atoms with E-state index in [0.29, 0.717) is 17.2 Å². The minimum atomic E-state index is -0.295. The molecule has 0 aliphatic heterocycles. The fraction of sp³-hybridized carbons (Fsp3) is 0.545. The predicted molar refractivity (Wildman–Crippen MR) is 63.3 cm³/mol. The minimum absolute atomic E-state index is 0.295. The van der Waals surface area contributed by atoms with Crippen LogP contribution in [0.2, 0.25) is 0 Å².